The van der Waals surface area contributed by atoms with Crippen LogP contribution in [0.3, 0.4) is 0 Å². The Morgan fingerprint density at radius 2 is 2.14 bits per heavy atom. The molecular formula is C26H24ClN5O4. The standard InChI is InChI=1S/C26H24ClN5O4/c1-34-25-16(27)3-2-4-19(25)31-24-21-17(8-11-29-26(21)33)30-23(24)15-7-10-28-18-5-6-20(32-22(15)18)36-13-14-9-12-35-14/h2-7,10,14,30-31H,8-9,11-13H2,1H3,(H,29,33)/t14-/m0/s1. The molecule has 1 amide bonds. The van der Waals surface area contributed by atoms with E-state index in [0.29, 0.717) is 64.2 Å². The van der Waals surface area contributed by atoms with Crippen molar-refractivity contribution in [3.63, 3.8) is 0 Å². The Balaban J connectivity index is 1.48. The number of nitrogens with one attached hydrogen (secondary N) is 3. The van der Waals surface area contributed by atoms with E-state index in [1.807, 2.05) is 24.3 Å². The maximum Gasteiger partial charge on any atom is 0.255 e. The minimum absolute atomic E-state index is 0.105. The number of amides is 1. The number of H-pyrrole nitrogens is 1. The summed E-state index contributed by atoms with van der Waals surface area (Å²) in [4.78, 5) is 25.7. The fraction of sp³-hybridized carbons (Fsp3) is 0.269. The number of nitrogens with zero attached hydrogens (tertiary/aromatic N) is 2. The number of anilines is 2. The first-order valence-electron chi connectivity index (χ1n) is 11.8. The van der Waals surface area contributed by atoms with Crippen LogP contribution in [0.1, 0.15) is 22.5 Å². The van der Waals surface area contributed by atoms with Crippen LogP contribution in [0.2, 0.25) is 5.02 Å². The molecule has 0 aliphatic carbocycles. The van der Waals surface area contributed by atoms with Crippen molar-refractivity contribution in [1.82, 2.24) is 20.3 Å². The second-order valence-electron chi connectivity index (χ2n) is 8.65. The zero-order valence-corrected chi connectivity index (χ0v) is 20.3. The van der Waals surface area contributed by atoms with Gasteiger partial charge in [0.25, 0.3) is 5.91 Å². The van der Waals surface area contributed by atoms with Crippen molar-refractivity contribution in [1.29, 1.82) is 0 Å². The van der Waals surface area contributed by atoms with Crippen molar-refractivity contribution < 1.29 is 19.0 Å². The molecule has 1 atom stereocenters. The Labute approximate surface area is 212 Å². The third-order valence-corrected chi connectivity index (χ3v) is 6.73. The maximum atomic E-state index is 13.0. The lowest BCUT2D eigenvalue weighted by Gasteiger charge is -2.25. The van der Waals surface area contributed by atoms with Crippen LogP contribution in [0.4, 0.5) is 11.4 Å². The van der Waals surface area contributed by atoms with Crippen molar-refractivity contribution in [2.75, 3.05) is 32.2 Å². The van der Waals surface area contributed by atoms with Crippen molar-refractivity contribution in [2.24, 2.45) is 0 Å². The summed E-state index contributed by atoms with van der Waals surface area (Å²) in [6.07, 6.45) is 3.49. The highest BCUT2D eigenvalue weighted by Gasteiger charge is 2.29. The summed E-state index contributed by atoms with van der Waals surface area (Å²) in [5.74, 6) is 0.827. The highest BCUT2D eigenvalue weighted by atomic mass is 35.5. The molecule has 2 aliphatic rings. The monoisotopic (exact) mass is 505 g/mol. The summed E-state index contributed by atoms with van der Waals surface area (Å²) >= 11 is 6.37. The van der Waals surface area contributed by atoms with Gasteiger partial charge in [-0.2, -0.15) is 0 Å². The van der Waals surface area contributed by atoms with Gasteiger partial charge in [-0.15, -0.1) is 0 Å². The van der Waals surface area contributed by atoms with Gasteiger partial charge >= 0.3 is 0 Å². The number of hydrogen-bond donors (Lipinski definition) is 3. The van der Waals surface area contributed by atoms with Crippen molar-refractivity contribution in [3.05, 3.63) is 58.9 Å². The molecule has 0 saturated carbocycles. The summed E-state index contributed by atoms with van der Waals surface area (Å²) in [6.45, 7) is 1.78. The van der Waals surface area contributed by atoms with E-state index in [-0.39, 0.29) is 12.0 Å². The molecule has 10 heteroatoms. The van der Waals surface area contributed by atoms with E-state index < -0.39 is 0 Å². The molecule has 1 fully saturated rings. The molecule has 9 nitrogen and oxygen atoms in total. The number of hydrogen-bond acceptors (Lipinski definition) is 7. The summed E-state index contributed by atoms with van der Waals surface area (Å²) in [5, 5.41) is 6.81. The normalized spacial score (nSPS) is 16.7. The quantitative estimate of drug-likeness (QED) is 0.339. The SMILES string of the molecule is COc1c(Cl)cccc1Nc1c(-c2ccnc3ccc(OC[C@@H]4CCO4)nc23)[nH]c2c1C(=O)NCC2. The first-order chi connectivity index (χ1) is 17.6. The zero-order valence-electron chi connectivity index (χ0n) is 19.6. The number of carbonyl (C=O) groups is 1. The van der Waals surface area contributed by atoms with E-state index in [1.165, 1.54) is 0 Å². The van der Waals surface area contributed by atoms with Gasteiger partial charge in [-0.1, -0.05) is 17.7 Å². The minimum Gasteiger partial charge on any atom is -0.493 e. The lowest BCUT2D eigenvalue weighted by molar-refractivity contribution is -0.0726. The molecule has 0 unspecified atom stereocenters. The molecule has 3 aromatic heterocycles. The molecule has 5 heterocycles. The van der Waals surface area contributed by atoms with E-state index in [9.17, 15) is 4.79 Å². The smallest absolute Gasteiger partial charge is 0.255 e. The van der Waals surface area contributed by atoms with Gasteiger partial charge in [0.15, 0.2) is 5.75 Å². The molecule has 0 radical (unpaired) electrons. The number of para-hydroxylation sites is 1. The Morgan fingerprint density at radius 1 is 1.25 bits per heavy atom. The predicted molar refractivity (Wildman–Crippen MR) is 137 cm³/mol. The van der Waals surface area contributed by atoms with Crippen molar-refractivity contribution >= 4 is 39.9 Å². The van der Waals surface area contributed by atoms with E-state index >= 15 is 0 Å². The average Bonchev–Trinajstić information content (AvgIpc) is 3.22. The van der Waals surface area contributed by atoms with Gasteiger partial charge in [-0.05, 0) is 24.3 Å². The topological polar surface area (TPSA) is 110 Å². The number of benzene rings is 1. The maximum absolute atomic E-state index is 13.0. The number of halogens is 1. The Hall–Kier alpha value is -3.82. The summed E-state index contributed by atoms with van der Waals surface area (Å²) < 4.78 is 16.9. The number of rotatable bonds is 7. The van der Waals surface area contributed by atoms with Crippen LogP contribution in [0.15, 0.2) is 42.6 Å². The van der Waals surface area contributed by atoms with Crippen LogP contribution in [0, 0.1) is 0 Å². The van der Waals surface area contributed by atoms with Crippen molar-refractivity contribution in [2.45, 2.75) is 18.9 Å². The number of aromatic amines is 1. The van der Waals surface area contributed by atoms with E-state index in [0.717, 1.165) is 30.0 Å². The van der Waals surface area contributed by atoms with Gasteiger partial charge in [0.1, 0.15) is 12.1 Å². The van der Waals surface area contributed by atoms with Gasteiger partial charge in [0, 0.05) is 49.5 Å². The molecule has 0 bridgehead atoms. The molecular weight excluding hydrogens is 482 g/mol. The molecule has 3 N–H and O–H groups in total. The minimum atomic E-state index is -0.155. The fourth-order valence-electron chi connectivity index (χ4n) is 4.54. The summed E-state index contributed by atoms with van der Waals surface area (Å²) in [5.41, 5.74) is 5.53. The predicted octanol–water partition coefficient (Wildman–Crippen LogP) is 4.48. The second-order valence-corrected chi connectivity index (χ2v) is 9.06. The highest BCUT2D eigenvalue weighted by molar-refractivity contribution is 6.32. The third-order valence-electron chi connectivity index (χ3n) is 6.43. The van der Waals surface area contributed by atoms with E-state index in [4.69, 9.17) is 30.8 Å². The van der Waals surface area contributed by atoms with E-state index in [1.54, 1.807) is 25.4 Å². The molecule has 4 aromatic rings. The summed E-state index contributed by atoms with van der Waals surface area (Å²) in [6, 6.07) is 11.0. The first kappa shape index (κ1) is 22.6. The lowest BCUT2D eigenvalue weighted by Crippen LogP contribution is -2.32. The van der Waals surface area contributed by atoms with E-state index in [2.05, 4.69) is 20.6 Å². The number of methoxy groups -OCH3 is 1. The number of fused-ring (bicyclic) bond motifs is 2. The average molecular weight is 506 g/mol. The summed E-state index contributed by atoms with van der Waals surface area (Å²) in [7, 11) is 1.56. The Kier molecular flexibility index (Phi) is 5.86. The molecule has 1 saturated heterocycles. The van der Waals surface area contributed by atoms with Gasteiger partial charge in [0.2, 0.25) is 5.88 Å². The van der Waals surface area contributed by atoms with Crippen LogP contribution in [-0.2, 0) is 11.2 Å². The molecule has 0 spiro atoms. The molecule has 2 aliphatic heterocycles. The van der Waals surface area contributed by atoms with Crippen molar-refractivity contribution in [3.8, 4) is 22.9 Å². The number of aromatic nitrogens is 3. The number of ether oxygens (including phenoxy) is 3. The van der Waals surface area contributed by atoms with Crippen LogP contribution in [-0.4, -0.2) is 53.8 Å². The van der Waals surface area contributed by atoms with Gasteiger partial charge in [-0.25, -0.2) is 4.98 Å². The fourth-order valence-corrected chi connectivity index (χ4v) is 4.79. The van der Waals surface area contributed by atoms with Crippen LogP contribution < -0.4 is 20.1 Å². The van der Waals surface area contributed by atoms with Gasteiger partial charge in [-0.3, -0.25) is 9.78 Å². The van der Waals surface area contributed by atoms with Crippen LogP contribution >= 0.6 is 11.6 Å². The molecule has 6 rings (SSSR count). The second kappa shape index (κ2) is 9.33. The van der Waals surface area contributed by atoms with Crippen LogP contribution in [0.5, 0.6) is 11.6 Å². The number of carbonyl (C=O) groups excluding carboxylic acids is 1. The Bertz CT molecular complexity index is 1470. The number of pyridine rings is 2. The molecule has 1 aromatic carbocycles. The lowest BCUT2D eigenvalue weighted by atomic mass is 10.0. The van der Waals surface area contributed by atoms with Gasteiger partial charge in [0.05, 0.1) is 46.4 Å². The molecule has 36 heavy (non-hydrogen) atoms. The molecule has 184 valence electrons. The van der Waals surface area contributed by atoms with Gasteiger partial charge < -0.3 is 29.8 Å². The first-order valence-corrected chi connectivity index (χ1v) is 12.1. The van der Waals surface area contributed by atoms with Crippen LogP contribution in [0.25, 0.3) is 22.3 Å². The highest BCUT2D eigenvalue weighted by Crippen LogP contribution is 2.42. The Morgan fingerprint density at radius 3 is 2.94 bits per heavy atom. The third kappa shape index (κ3) is 4.00. The zero-order chi connectivity index (χ0) is 24.6. The largest absolute Gasteiger partial charge is 0.493 e.